The molecule has 0 amide bonds. The van der Waals surface area contributed by atoms with Gasteiger partial charge in [-0.2, -0.15) is 0 Å². The molecule has 2 aliphatic heterocycles. The first-order valence-electron chi connectivity index (χ1n) is 9.29. The molecule has 0 spiro atoms. The number of rotatable bonds is 2. The van der Waals surface area contributed by atoms with Crippen LogP contribution in [0.5, 0.6) is 5.75 Å². The lowest BCUT2D eigenvalue weighted by atomic mass is 9.99. The molecule has 2 aromatic carbocycles. The molecule has 0 saturated carbocycles. The van der Waals surface area contributed by atoms with Crippen LogP contribution in [-0.2, 0) is 12.8 Å². The van der Waals surface area contributed by atoms with Gasteiger partial charge >= 0.3 is 0 Å². The van der Waals surface area contributed by atoms with Crippen LogP contribution in [0.1, 0.15) is 24.5 Å². The van der Waals surface area contributed by atoms with Gasteiger partial charge in [-0.15, -0.1) is 0 Å². The van der Waals surface area contributed by atoms with E-state index in [1.807, 2.05) is 6.07 Å². The maximum Gasteiger partial charge on any atom is 0.181 e. The van der Waals surface area contributed by atoms with Crippen LogP contribution in [0.25, 0.3) is 11.3 Å². The summed E-state index contributed by atoms with van der Waals surface area (Å²) >= 11 is 0. The van der Waals surface area contributed by atoms with Crippen molar-refractivity contribution in [1.29, 1.82) is 0 Å². The Labute approximate surface area is 158 Å². The predicted molar refractivity (Wildman–Crippen MR) is 106 cm³/mol. The SMILES string of the molecule is COc1cc2c(cc1-c1cnco1)CCC(N1c3ccccc3CC1C)=N2. The number of amidine groups is 1. The second kappa shape index (κ2) is 6.27. The molecule has 0 fully saturated rings. The Balaban J connectivity index is 1.57. The minimum Gasteiger partial charge on any atom is -0.496 e. The van der Waals surface area contributed by atoms with Crippen LogP contribution in [-0.4, -0.2) is 24.0 Å². The fourth-order valence-electron chi connectivity index (χ4n) is 4.20. The number of nitrogens with zero attached hydrogens (tertiary/aromatic N) is 3. The lowest BCUT2D eigenvalue weighted by molar-refractivity contribution is 0.414. The average Bonchev–Trinajstić information content (AvgIpc) is 3.33. The van der Waals surface area contributed by atoms with E-state index in [2.05, 4.69) is 47.1 Å². The zero-order valence-corrected chi connectivity index (χ0v) is 15.5. The van der Waals surface area contributed by atoms with Gasteiger partial charge in [0.25, 0.3) is 0 Å². The number of anilines is 1. The zero-order chi connectivity index (χ0) is 18.4. The molecule has 0 bridgehead atoms. The van der Waals surface area contributed by atoms with Crippen molar-refractivity contribution >= 4 is 17.2 Å². The van der Waals surface area contributed by atoms with Gasteiger partial charge in [-0.3, -0.25) is 0 Å². The molecule has 1 atom stereocenters. The Morgan fingerprint density at radius 2 is 2.04 bits per heavy atom. The number of aryl methyl sites for hydroxylation is 1. The van der Waals surface area contributed by atoms with Crippen LogP contribution in [0, 0.1) is 0 Å². The fraction of sp³-hybridized carbons (Fsp3) is 0.273. The normalized spacial score (nSPS) is 18.1. The number of hydrogen-bond donors (Lipinski definition) is 0. The molecule has 0 aliphatic carbocycles. The van der Waals surface area contributed by atoms with E-state index in [-0.39, 0.29) is 0 Å². The van der Waals surface area contributed by atoms with E-state index in [1.165, 1.54) is 23.2 Å². The Morgan fingerprint density at radius 1 is 1.15 bits per heavy atom. The Morgan fingerprint density at radius 3 is 2.85 bits per heavy atom. The molecule has 5 nitrogen and oxygen atoms in total. The molecule has 2 aliphatic rings. The minimum atomic E-state index is 0.429. The minimum absolute atomic E-state index is 0.429. The number of para-hydroxylation sites is 1. The smallest absolute Gasteiger partial charge is 0.181 e. The van der Waals surface area contributed by atoms with Gasteiger partial charge in [0.15, 0.2) is 12.2 Å². The van der Waals surface area contributed by atoms with Crippen molar-refractivity contribution in [2.75, 3.05) is 12.0 Å². The second-order valence-electron chi connectivity index (χ2n) is 7.13. The standard InChI is InChI=1S/C22H21N3O2/c1-14-9-16-5-3-4-6-19(16)25(14)22-8-7-15-10-17(21-12-23-13-27-21)20(26-2)11-18(15)24-22/h3-6,10-14H,7-9H2,1-2H3. The van der Waals surface area contributed by atoms with E-state index >= 15 is 0 Å². The summed E-state index contributed by atoms with van der Waals surface area (Å²) in [6, 6.07) is 13.2. The van der Waals surface area contributed by atoms with Crippen molar-refractivity contribution in [3.8, 4) is 17.1 Å². The number of hydrogen-bond acceptors (Lipinski definition) is 5. The first kappa shape index (κ1) is 16.1. The van der Waals surface area contributed by atoms with Crippen LogP contribution in [0.15, 0.2) is 58.4 Å². The van der Waals surface area contributed by atoms with Crippen LogP contribution in [0.4, 0.5) is 11.4 Å². The molecule has 5 rings (SSSR count). The van der Waals surface area contributed by atoms with Crippen molar-refractivity contribution in [3.63, 3.8) is 0 Å². The van der Waals surface area contributed by atoms with Crippen LogP contribution < -0.4 is 9.64 Å². The Hall–Kier alpha value is -3.08. The van der Waals surface area contributed by atoms with E-state index in [1.54, 1.807) is 13.3 Å². The molecule has 136 valence electrons. The topological polar surface area (TPSA) is 50.9 Å². The van der Waals surface area contributed by atoms with Crippen molar-refractivity contribution in [2.24, 2.45) is 4.99 Å². The third-order valence-electron chi connectivity index (χ3n) is 5.45. The van der Waals surface area contributed by atoms with E-state index in [9.17, 15) is 0 Å². The highest BCUT2D eigenvalue weighted by Gasteiger charge is 2.30. The molecule has 0 radical (unpaired) electrons. The molecular formula is C22H21N3O2. The van der Waals surface area contributed by atoms with Crippen molar-refractivity contribution in [1.82, 2.24) is 4.98 Å². The second-order valence-corrected chi connectivity index (χ2v) is 7.13. The summed E-state index contributed by atoms with van der Waals surface area (Å²) < 4.78 is 11.1. The first-order valence-corrected chi connectivity index (χ1v) is 9.29. The maximum absolute atomic E-state index is 5.60. The average molecular weight is 359 g/mol. The maximum atomic E-state index is 5.60. The molecule has 5 heteroatoms. The summed E-state index contributed by atoms with van der Waals surface area (Å²) in [7, 11) is 1.67. The summed E-state index contributed by atoms with van der Waals surface area (Å²) in [5, 5.41) is 0. The number of oxazole rings is 1. The number of fused-ring (bicyclic) bond motifs is 2. The van der Waals surface area contributed by atoms with Gasteiger partial charge in [-0.1, -0.05) is 18.2 Å². The quantitative estimate of drug-likeness (QED) is 0.661. The molecule has 0 N–H and O–H groups in total. The molecule has 1 aromatic heterocycles. The largest absolute Gasteiger partial charge is 0.496 e. The zero-order valence-electron chi connectivity index (χ0n) is 15.5. The predicted octanol–water partition coefficient (Wildman–Crippen LogP) is 4.78. The van der Waals surface area contributed by atoms with Crippen molar-refractivity contribution in [3.05, 3.63) is 60.1 Å². The highest BCUT2D eigenvalue weighted by atomic mass is 16.5. The van der Waals surface area contributed by atoms with Crippen LogP contribution in [0.2, 0.25) is 0 Å². The van der Waals surface area contributed by atoms with Crippen LogP contribution in [0.3, 0.4) is 0 Å². The van der Waals surface area contributed by atoms with E-state index in [0.717, 1.165) is 42.1 Å². The molecular weight excluding hydrogens is 338 g/mol. The van der Waals surface area contributed by atoms with Crippen molar-refractivity contribution < 1.29 is 9.15 Å². The lowest BCUT2D eigenvalue weighted by Crippen LogP contribution is -2.36. The summed E-state index contributed by atoms with van der Waals surface area (Å²) in [5.41, 5.74) is 5.81. The number of methoxy groups -OCH3 is 1. The summed E-state index contributed by atoms with van der Waals surface area (Å²) in [4.78, 5) is 11.4. The summed E-state index contributed by atoms with van der Waals surface area (Å²) in [6.07, 6.45) is 6.09. The molecule has 27 heavy (non-hydrogen) atoms. The molecule has 0 saturated heterocycles. The van der Waals surface area contributed by atoms with Crippen molar-refractivity contribution in [2.45, 2.75) is 32.2 Å². The van der Waals surface area contributed by atoms with Crippen LogP contribution >= 0.6 is 0 Å². The van der Waals surface area contributed by atoms with Gasteiger partial charge in [-0.05, 0) is 43.0 Å². The van der Waals surface area contributed by atoms with Gasteiger partial charge in [-0.25, -0.2) is 9.98 Å². The lowest BCUT2D eigenvalue weighted by Gasteiger charge is -2.29. The van der Waals surface area contributed by atoms with Gasteiger partial charge in [0.2, 0.25) is 0 Å². The number of benzene rings is 2. The third kappa shape index (κ3) is 2.62. The molecule has 3 aromatic rings. The summed E-state index contributed by atoms with van der Waals surface area (Å²) in [5.74, 6) is 2.60. The fourth-order valence-corrected chi connectivity index (χ4v) is 4.20. The van der Waals surface area contributed by atoms with E-state index < -0.39 is 0 Å². The monoisotopic (exact) mass is 359 g/mol. The molecule has 3 heterocycles. The number of ether oxygens (including phenoxy) is 1. The van der Waals surface area contributed by atoms with Gasteiger partial charge in [0.1, 0.15) is 11.6 Å². The van der Waals surface area contributed by atoms with E-state index in [0.29, 0.717) is 11.8 Å². The Kier molecular flexibility index (Phi) is 3.74. The highest BCUT2D eigenvalue weighted by Crippen LogP contribution is 2.40. The number of aromatic nitrogens is 1. The van der Waals surface area contributed by atoms with Gasteiger partial charge < -0.3 is 14.1 Å². The van der Waals surface area contributed by atoms with Gasteiger partial charge in [0, 0.05) is 24.2 Å². The van der Waals surface area contributed by atoms with E-state index in [4.69, 9.17) is 14.1 Å². The van der Waals surface area contributed by atoms with Gasteiger partial charge in [0.05, 0.1) is 24.6 Å². The first-order chi connectivity index (χ1) is 13.2. The third-order valence-corrected chi connectivity index (χ3v) is 5.45. The highest BCUT2D eigenvalue weighted by molar-refractivity contribution is 6.03. The summed E-state index contributed by atoms with van der Waals surface area (Å²) in [6.45, 7) is 2.27. The Bertz CT molecular complexity index is 1020. The molecule has 1 unspecified atom stereocenters. The number of aliphatic imine (C=N–C) groups is 1.